The van der Waals surface area contributed by atoms with Crippen molar-refractivity contribution in [1.82, 2.24) is 10.2 Å². The summed E-state index contributed by atoms with van der Waals surface area (Å²) in [6.45, 7) is 5.70. The molecular formula is C13H25N3O. The first-order chi connectivity index (χ1) is 8.24. The van der Waals surface area contributed by atoms with Crippen LogP contribution >= 0.6 is 0 Å². The highest BCUT2D eigenvalue weighted by Crippen LogP contribution is 2.31. The molecule has 4 nitrogen and oxygen atoms in total. The number of nitrogens with zero attached hydrogens (tertiary/aromatic N) is 1. The smallest absolute Gasteiger partial charge is 0.224 e. The summed E-state index contributed by atoms with van der Waals surface area (Å²) in [5, 5.41) is 3.06. The Morgan fingerprint density at radius 3 is 2.82 bits per heavy atom. The molecule has 0 aromatic rings. The number of carbonyl (C=O) groups is 1. The van der Waals surface area contributed by atoms with Crippen molar-refractivity contribution in [2.45, 2.75) is 38.6 Å². The number of rotatable bonds is 6. The topological polar surface area (TPSA) is 58.4 Å². The van der Waals surface area contributed by atoms with E-state index >= 15 is 0 Å². The van der Waals surface area contributed by atoms with Gasteiger partial charge in [0.15, 0.2) is 0 Å². The maximum atomic E-state index is 11.8. The zero-order valence-electron chi connectivity index (χ0n) is 10.8. The minimum atomic E-state index is -0.00376. The molecule has 0 radical (unpaired) electrons. The van der Waals surface area contributed by atoms with E-state index in [9.17, 15) is 4.79 Å². The summed E-state index contributed by atoms with van der Waals surface area (Å²) in [5.41, 5.74) is 5.57. The number of likely N-dealkylation sites (tertiary alicyclic amines) is 1. The predicted octanol–water partition coefficient (Wildman–Crippen LogP) is 0.572. The lowest BCUT2D eigenvalue weighted by molar-refractivity contribution is -0.124. The SMILES string of the molecule is CCC(CN)C(=O)NCC1CCN(C2CC2)C1. The van der Waals surface area contributed by atoms with E-state index in [4.69, 9.17) is 5.73 Å². The maximum absolute atomic E-state index is 11.8. The van der Waals surface area contributed by atoms with Crippen LogP contribution in [0.25, 0.3) is 0 Å². The van der Waals surface area contributed by atoms with Gasteiger partial charge in [-0.05, 0) is 38.1 Å². The van der Waals surface area contributed by atoms with Gasteiger partial charge in [-0.3, -0.25) is 4.79 Å². The summed E-state index contributed by atoms with van der Waals surface area (Å²) < 4.78 is 0. The van der Waals surface area contributed by atoms with Crippen molar-refractivity contribution in [3.8, 4) is 0 Å². The summed E-state index contributed by atoms with van der Waals surface area (Å²) in [4.78, 5) is 14.4. The Kier molecular flexibility index (Phi) is 4.40. The minimum absolute atomic E-state index is 0.00376. The molecule has 2 atom stereocenters. The van der Waals surface area contributed by atoms with E-state index in [1.807, 2.05) is 6.92 Å². The first-order valence-electron chi connectivity index (χ1n) is 6.96. The van der Waals surface area contributed by atoms with Crippen molar-refractivity contribution in [3.63, 3.8) is 0 Å². The zero-order valence-corrected chi connectivity index (χ0v) is 10.8. The summed E-state index contributed by atoms with van der Waals surface area (Å²) in [7, 11) is 0. The molecule has 1 aliphatic carbocycles. The Bertz CT molecular complexity index is 261. The van der Waals surface area contributed by atoms with Gasteiger partial charge in [-0.1, -0.05) is 6.92 Å². The molecule has 17 heavy (non-hydrogen) atoms. The van der Waals surface area contributed by atoms with Gasteiger partial charge in [-0.25, -0.2) is 0 Å². The van der Waals surface area contributed by atoms with E-state index in [1.54, 1.807) is 0 Å². The molecule has 1 saturated carbocycles. The number of nitrogens with two attached hydrogens (primary N) is 1. The second kappa shape index (κ2) is 5.83. The molecule has 1 heterocycles. The van der Waals surface area contributed by atoms with Crippen molar-refractivity contribution >= 4 is 5.91 Å². The van der Waals surface area contributed by atoms with Gasteiger partial charge in [0, 0.05) is 31.6 Å². The third-order valence-corrected chi connectivity index (χ3v) is 4.09. The van der Waals surface area contributed by atoms with Gasteiger partial charge in [0.2, 0.25) is 5.91 Å². The van der Waals surface area contributed by atoms with Crippen molar-refractivity contribution in [2.24, 2.45) is 17.6 Å². The van der Waals surface area contributed by atoms with Crippen LogP contribution in [0.1, 0.15) is 32.6 Å². The quantitative estimate of drug-likeness (QED) is 0.712. The molecule has 2 rings (SSSR count). The fourth-order valence-corrected chi connectivity index (χ4v) is 2.65. The lowest BCUT2D eigenvalue weighted by Crippen LogP contribution is -2.38. The summed E-state index contributed by atoms with van der Waals surface area (Å²) >= 11 is 0. The molecule has 0 aromatic heterocycles. The largest absolute Gasteiger partial charge is 0.355 e. The van der Waals surface area contributed by atoms with Crippen molar-refractivity contribution in [1.29, 1.82) is 0 Å². The molecule has 4 heteroatoms. The van der Waals surface area contributed by atoms with Gasteiger partial charge in [-0.2, -0.15) is 0 Å². The lowest BCUT2D eigenvalue weighted by atomic mass is 10.1. The first-order valence-corrected chi connectivity index (χ1v) is 6.96. The molecule has 2 aliphatic rings. The van der Waals surface area contributed by atoms with Crippen LogP contribution < -0.4 is 11.1 Å². The third-order valence-electron chi connectivity index (χ3n) is 4.09. The van der Waals surface area contributed by atoms with Gasteiger partial charge < -0.3 is 16.0 Å². The second-order valence-corrected chi connectivity index (χ2v) is 5.47. The second-order valence-electron chi connectivity index (χ2n) is 5.47. The number of hydrogen-bond acceptors (Lipinski definition) is 3. The molecule has 1 amide bonds. The Labute approximate surface area is 104 Å². The summed E-state index contributed by atoms with van der Waals surface area (Å²) in [5.74, 6) is 0.783. The van der Waals surface area contributed by atoms with Gasteiger partial charge >= 0.3 is 0 Å². The van der Waals surface area contributed by atoms with E-state index in [1.165, 1.54) is 32.4 Å². The highest BCUT2D eigenvalue weighted by molar-refractivity contribution is 5.78. The molecular weight excluding hydrogens is 214 g/mol. The normalized spacial score (nSPS) is 27.1. The van der Waals surface area contributed by atoms with Gasteiger partial charge in [0.05, 0.1) is 0 Å². The van der Waals surface area contributed by atoms with E-state index in [-0.39, 0.29) is 11.8 Å². The van der Waals surface area contributed by atoms with Crippen molar-refractivity contribution in [2.75, 3.05) is 26.2 Å². The fraction of sp³-hybridized carbons (Fsp3) is 0.923. The highest BCUT2D eigenvalue weighted by Gasteiger charge is 2.34. The average molecular weight is 239 g/mol. The van der Waals surface area contributed by atoms with Gasteiger partial charge in [0.1, 0.15) is 0 Å². The molecule has 0 spiro atoms. The molecule has 1 saturated heterocycles. The summed E-state index contributed by atoms with van der Waals surface area (Å²) in [6.07, 6.45) is 4.83. The minimum Gasteiger partial charge on any atom is -0.355 e. The van der Waals surface area contributed by atoms with Crippen molar-refractivity contribution < 1.29 is 4.79 Å². The predicted molar refractivity (Wildman–Crippen MR) is 68.5 cm³/mol. The zero-order chi connectivity index (χ0) is 12.3. The van der Waals surface area contributed by atoms with Crippen LogP contribution in [0.15, 0.2) is 0 Å². The number of nitrogens with one attached hydrogen (secondary N) is 1. The number of amides is 1. The molecule has 3 N–H and O–H groups in total. The van der Waals surface area contributed by atoms with Crippen LogP contribution in [0, 0.1) is 11.8 Å². The molecule has 1 aliphatic heterocycles. The average Bonchev–Trinajstić information content (AvgIpc) is 3.08. The molecule has 2 fully saturated rings. The van der Waals surface area contributed by atoms with Crippen LogP contribution in [0.2, 0.25) is 0 Å². The van der Waals surface area contributed by atoms with E-state index in [0.717, 1.165) is 19.0 Å². The number of carbonyl (C=O) groups excluding carboxylic acids is 1. The number of hydrogen-bond donors (Lipinski definition) is 2. The van der Waals surface area contributed by atoms with Gasteiger partial charge in [0.25, 0.3) is 0 Å². The van der Waals surface area contributed by atoms with Crippen LogP contribution in [0.4, 0.5) is 0 Å². The lowest BCUT2D eigenvalue weighted by Gasteiger charge is -2.17. The van der Waals surface area contributed by atoms with E-state index in [2.05, 4.69) is 10.2 Å². The monoisotopic (exact) mass is 239 g/mol. The Morgan fingerprint density at radius 2 is 2.24 bits per heavy atom. The molecule has 0 bridgehead atoms. The Balaban J connectivity index is 1.66. The maximum Gasteiger partial charge on any atom is 0.224 e. The molecule has 2 unspecified atom stereocenters. The van der Waals surface area contributed by atoms with Gasteiger partial charge in [-0.15, -0.1) is 0 Å². The van der Waals surface area contributed by atoms with E-state index in [0.29, 0.717) is 12.5 Å². The first kappa shape index (κ1) is 12.8. The van der Waals surface area contributed by atoms with Crippen LogP contribution in [0.5, 0.6) is 0 Å². The molecule has 98 valence electrons. The highest BCUT2D eigenvalue weighted by atomic mass is 16.1. The third kappa shape index (κ3) is 3.42. The van der Waals surface area contributed by atoms with Crippen molar-refractivity contribution in [3.05, 3.63) is 0 Å². The molecule has 0 aromatic carbocycles. The Morgan fingerprint density at radius 1 is 1.47 bits per heavy atom. The fourth-order valence-electron chi connectivity index (χ4n) is 2.65. The summed E-state index contributed by atoms with van der Waals surface area (Å²) in [6, 6.07) is 0.864. The standard InChI is InChI=1S/C13H25N3O/c1-2-11(7-14)13(17)15-8-10-5-6-16(9-10)12-3-4-12/h10-12H,2-9,14H2,1H3,(H,15,17). The Hall–Kier alpha value is -0.610. The van der Waals surface area contributed by atoms with Crippen LogP contribution in [-0.4, -0.2) is 43.0 Å². The van der Waals surface area contributed by atoms with Crippen LogP contribution in [0.3, 0.4) is 0 Å². The van der Waals surface area contributed by atoms with Crippen LogP contribution in [-0.2, 0) is 4.79 Å². The van der Waals surface area contributed by atoms with E-state index < -0.39 is 0 Å².